The topological polar surface area (TPSA) is 106 Å². The van der Waals surface area contributed by atoms with E-state index in [1.807, 2.05) is 48.5 Å². The Hall–Kier alpha value is -3.94. The molecule has 0 radical (unpaired) electrons. The van der Waals surface area contributed by atoms with E-state index in [0.717, 1.165) is 33.6 Å². The zero-order valence-corrected chi connectivity index (χ0v) is 14.3. The lowest BCUT2D eigenvalue weighted by atomic mass is 10.1. The van der Waals surface area contributed by atoms with E-state index < -0.39 is 0 Å². The number of aromatic nitrogens is 6. The molecule has 2 N–H and O–H groups in total. The van der Waals surface area contributed by atoms with Gasteiger partial charge in [0.2, 0.25) is 5.82 Å². The molecule has 0 fully saturated rings. The van der Waals surface area contributed by atoms with Gasteiger partial charge in [-0.2, -0.15) is 10.1 Å². The average Bonchev–Trinajstić information content (AvgIpc) is 3.47. The molecule has 3 heterocycles. The standard InChI is InChI=1S/C19H14N6O2/c1-26-13-4-2-3-11(7-13)15-9-17(24-23-15)19-22-18(25-27-19)12-5-6-14-16(8-12)21-10-20-14/h2-10H,1H3,(H,20,21)(H,23,24). The average molecular weight is 358 g/mol. The number of hydrogen-bond acceptors (Lipinski definition) is 6. The molecule has 0 aliphatic rings. The molecule has 0 unspecified atom stereocenters. The first-order chi connectivity index (χ1) is 13.3. The van der Waals surface area contributed by atoms with Crippen LogP contribution in [0, 0.1) is 0 Å². The summed E-state index contributed by atoms with van der Waals surface area (Å²) in [5.41, 5.74) is 4.99. The van der Waals surface area contributed by atoms with E-state index in [2.05, 4.69) is 30.3 Å². The van der Waals surface area contributed by atoms with Gasteiger partial charge in [-0.05, 0) is 36.4 Å². The monoisotopic (exact) mass is 358 g/mol. The van der Waals surface area contributed by atoms with Gasteiger partial charge in [0.05, 0.1) is 30.2 Å². The Balaban J connectivity index is 1.46. The van der Waals surface area contributed by atoms with Crippen molar-refractivity contribution < 1.29 is 9.26 Å². The molecule has 0 amide bonds. The molecule has 5 aromatic rings. The summed E-state index contributed by atoms with van der Waals surface area (Å²) in [4.78, 5) is 11.8. The van der Waals surface area contributed by atoms with Crippen LogP contribution in [0.4, 0.5) is 0 Å². The smallest absolute Gasteiger partial charge is 0.276 e. The van der Waals surface area contributed by atoms with E-state index in [4.69, 9.17) is 9.26 Å². The van der Waals surface area contributed by atoms with Crippen LogP contribution in [0.1, 0.15) is 0 Å². The molecular formula is C19H14N6O2. The van der Waals surface area contributed by atoms with E-state index in [-0.39, 0.29) is 0 Å². The van der Waals surface area contributed by atoms with E-state index in [1.54, 1.807) is 13.4 Å². The normalized spacial score (nSPS) is 11.1. The van der Waals surface area contributed by atoms with Crippen LogP contribution in [-0.4, -0.2) is 37.4 Å². The van der Waals surface area contributed by atoms with Crippen molar-refractivity contribution in [2.45, 2.75) is 0 Å². The fraction of sp³-hybridized carbons (Fsp3) is 0.0526. The number of nitrogens with one attached hydrogen (secondary N) is 2. The second kappa shape index (κ2) is 6.10. The number of aromatic amines is 2. The fourth-order valence-electron chi connectivity index (χ4n) is 2.89. The van der Waals surface area contributed by atoms with Crippen molar-refractivity contribution in [2.24, 2.45) is 0 Å². The molecule has 0 aliphatic heterocycles. The van der Waals surface area contributed by atoms with Crippen LogP contribution in [0.25, 0.3) is 45.3 Å². The van der Waals surface area contributed by atoms with E-state index >= 15 is 0 Å². The molecule has 2 aromatic carbocycles. The van der Waals surface area contributed by atoms with Gasteiger partial charge in [-0.15, -0.1) is 0 Å². The first kappa shape index (κ1) is 15.3. The molecule has 8 nitrogen and oxygen atoms in total. The van der Waals surface area contributed by atoms with Crippen molar-refractivity contribution in [1.82, 2.24) is 30.3 Å². The van der Waals surface area contributed by atoms with Crippen molar-refractivity contribution in [3.05, 3.63) is 54.9 Å². The van der Waals surface area contributed by atoms with Crippen LogP contribution in [0.2, 0.25) is 0 Å². The molecule has 0 bridgehead atoms. The van der Waals surface area contributed by atoms with Crippen molar-refractivity contribution in [1.29, 1.82) is 0 Å². The third-order valence-corrected chi connectivity index (χ3v) is 4.28. The summed E-state index contributed by atoms with van der Waals surface area (Å²) in [6.07, 6.45) is 1.65. The second-order valence-corrected chi connectivity index (χ2v) is 5.96. The molecular weight excluding hydrogens is 344 g/mol. The molecule has 3 aromatic heterocycles. The number of rotatable bonds is 4. The summed E-state index contributed by atoms with van der Waals surface area (Å²) in [7, 11) is 1.63. The Labute approximate surface area is 153 Å². The highest BCUT2D eigenvalue weighted by Gasteiger charge is 2.14. The molecule has 132 valence electrons. The Bertz CT molecular complexity index is 1240. The van der Waals surface area contributed by atoms with Crippen LogP contribution in [-0.2, 0) is 0 Å². The fourth-order valence-corrected chi connectivity index (χ4v) is 2.89. The van der Waals surface area contributed by atoms with Gasteiger partial charge in [0, 0.05) is 11.1 Å². The first-order valence-corrected chi connectivity index (χ1v) is 8.27. The van der Waals surface area contributed by atoms with Gasteiger partial charge >= 0.3 is 0 Å². The Morgan fingerprint density at radius 2 is 2.00 bits per heavy atom. The van der Waals surface area contributed by atoms with Crippen molar-refractivity contribution in [3.8, 4) is 40.0 Å². The lowest BCUT2D eigenvalue weighted by Gasteiger charge is -2.00. The number of nitrogens with zero attached hydrogens (tertiary/aromatic N) is 4. The van der Waals surface area contributed by atoms with E-state index in [1.165, 1.54) is 0 Å². The van der Waals surface area contributed by atoms with Gasteiger partial charge in [0.1, 0.15) is 11.4 Å². The van der Waals surface area contributed by atoms with Gasteiger partial charge in [-0.25, -0.2) is 4.98 Å². The van der Waals surface area contributed by atoms with Crippen LogP contribution in [0.15, 0.2) is 59.4 Å². The Kier molecular flexibility index (Phi) is 3.46. The summed E-state index contributed by atoms with van der Waals surface area (Å²) < 4.78 is 10.7. The second-order valence-electron chi connectivity index (χ2n) is 5.96. The van der Waals surface area contributed by atoms with Crippen LogP contribution < -0.4 is 4.74 Å². The zero-order chi connectivity index (χ0) is 18.2. The Morgan fingerprint density at radius 3 is 2.93 bits per heavy atom. The lowest BCUT2D eigenvalue weighted by Crippen LogP contribution is -1.83. The Morgan fingerprint density at radius 1 is 1.04 bits per heavy atom. The maximum absolute atomic E-state index is 5.41. The number of benzene rings is 2. The van der Waals surface area contributed by atoms with Gasteiger partial charge in [-0.3, -0.25) is 5.10 Å². The highest BCUT2D eigenvalue weighted by atomic mass is 16.5. The minimum atomic E-state index is 0.372. The number of fused-ring (bicyclic) bond motifs is 1. The highest BCUT2D eigenvalue weighted by Crippen LogP contribution is 2.27. The van der Waals surface area contributed by atoms with Crippen molar-refractivity contribution >= 4 is 11.0 Å². The molecule has 5 rings (SSSR count). The number of imidazole rings is 1. The van der Waals surface area contributed by atoms with Gasteiger partial charge in [0.15, 0.2) is 0 Å². The summed E-state index contributed by atoms with van der Waals surface area (Å²) in [6.45, 7) is 0. The van der Waals surface area contributed by atoms with Gasteiger partial charge in [0.25, 0.3) is 5.89 Å². The lowest BCUT2D eigenvalue weighted by molar-refractivity contribution is 0.415. The molecule has 0 saturated heterocycles. The predicted octanol–water partition coefficient (Wildman–Crippen LogP) is 3.68. The predicted molar refractivity (Wildman–Crippen MR) is 99.0 cm³/mol. The summed E-state index contributed by atoms with van der Waals surface area (Å²) in [5.74, 6) is 1.64. The summed E-state index contributed by atoms with van der Waals surface area (Å²) in [6, 6.07) is 15.3. The molecule has 0 aliphatic carbocycles. The molecule has 8 heteroatoms. The molecule has 0 saturated carbocycles. The van der Waals surface area contributed by atoms with Crippen LogP contribution >= 0.6 is 0 Å². The highest BCUT2D eigenvalue weighted by molar-refractivity contribution is 5.80. The van der Waals surface area contributed by atoms with Crippen molar-refractivity contribution in [3.63, 3.8) is 0 Å². The summed E-state index contributed by atoms with van der Waals surface area (Å²) >= 11 is 0. The zero-order valence-electron chi connectivity index (χ0n) is 14.3. The summed E-state index contributed by atoms with van der Waals surface area (Å²) in [5, 5.41) is 11.4. The number of methoxy groups -OCH3 is 1. The minimum Gasteiger partial charge on any atom is -0.497 e. The SMILES string of the molecule is COc1cccc(-c2cc(-c3nc(-c4ccc5nc[nH]c5c4)no3)[nH]n2)c1. The van der Waals surface area contributed by atoms with Crippen LogP contribution in [0.3, 0.4) is 0 Å². The molecule has 0 atom stereocenters. The van der Waals surface area contributed by atoms with E-state index in [0.29, 0.717) is 17.4 Å². The molecule has 0 spiro atoms. The van der Waals surface area contributed by atoms with Crippen LogP contribution in [0.5, 0.6) is 5.75 Å². The largest absolute Gasteiger partial charge is 0.497 e. The minimum absolute atomic E-state index is 0.372. The molecule has 27 heavy (non-hydrogen) atoms. The third kappa shape index (κ3) is 2.73. The third-order valence-electron chi connectivity index (χ3n) is 4.28. The maximum atomic E-state index is 5.41. The maximum Gasteiger partial charge on any atom is 0.276 e. The number of ether oxygens (including phenoxy) is 1. The quantitative estimate of drug-likeness (QED) is 0.508. The van der Waals surface area contributed by atoms with Gasteiger partial charge in [-0.1, -0.05) is 17.3 Å². The van der Waals surface area contributed by atoms with Gasteiger partial charge < -0.3 is 14.2 Å². The number of hydrogen-bond donors (Lipinski definition) is 2. The van der Waals surface area contributed by atoms with E-state index in [9.17, 15) is 0 Å². The van der Waals surface area contributed by atoms with Crippen molar-refractivity contribution in [2.75, 3.05) is 7.11 Å². The first-order valence-electron chi connectivity index (χ1n) is 8.27. The number of H-pyrrole nitrogens is 2.